The van der Waals surface area contributed by atoms with E-state index in [2.05, 4.69) is 19.7 Å². The second-order valence-electron chi connectivity index (χ2n) is 11.7. The van der Waals surface area contributed by atoms with Crippen LogP contribution in [0.5, 0.6) is 11.5 Å². The van der Waals surface area contributed by atoms with Crippen LogP contribution in [0.4, 0.5) is 11.4 Å². The number of nitrogens with zero attached hydrogens (tertiary/aromatic N) is 4. The zero-order valence-corrected chi connectivity index (χ0v) is 34.8. The Balaban J connectivity index is 0.000000200. The van der Waals surface area contributed by atoms with Gasteiger partial charge in [0.05, 0.1) is 7.11 Å². The van der Waals surface area contributed by atoms with Gasteiger partial charge < -0.3 is 14.8 Å². The van der Waals surface area contributed by atoms with Crippen molar-refractivity contribution in [1.29, 1.82) is 0 Å². The van der Waals surface area contributed by atoms with Crippen molar-refractivity contribution in [3.63, 3.8) is 0 Å². The number of aromatic nitrogens is 2. The molecule has 0 aliphatic heterocycles. The van der Waals surface area contributed by atoms with E-state index in [1.807, 2.05) is 68.4 Å². The number of hydrogen-bond donors (Lipinski definition) is 3. The Morgan fingerprint density at radius 1 is 0.714 bits per heavy atom. The quantitative estimate of drug-likeness (QED) is 0.0826. The summed E-state index contributed by atoms with van der Waals surface area (Å²) in [6.45, 7) is 22.2. The Morgan fingerprint density at radius 3 is 1.68 bits per heavy atom. The van der Waals surface area contributed by atoms with Gasteiger partial charge in [-0.15, -0.1) is 0 Å². The normalized spacial score (nSPS) is 10.0. The number of hydrogen-bond acceptors (Lipinski definition) is 9. The molecule has 0 spiro atoms. The molecular formula is C41H37BN4O8Se2. The van der Waals surface area contributed by atoms with Gasteiger partial charge in [-0.3, -0.25) is 0 Å². The van der Waals surface area contributed by atoms with E-state index in [9.17, 15) is 14.7 Å². The molecule has 0 aliphatic carbocycles. The third-order valence-corrected chi connectivity index (χ3v) is 13.0. The average molecular weight is 882 g/mol. The van der Waals surface area contributed by atoms with Crippen molar-refractivity contribution >= 4 is 64.9 Å². The van der Waals surface area contributed by atoms with Crippen molar-refractivity contribution in [2.24, 2.45) is 0 Å². The third kappa shape index (κ3) is 10.9. The van der Waals surface area contributed by atoms with E-state index in [1.54, 1.807) is 58.4 Å². The van der Waals surface area contributed by atoms with Gasteiger partial charge in [-0.25, -0.2) is 0 Å². The monoisotopic (exact) mass is 884 g/mol. The molecule has 0 aliphatic rings. The predicted octanol–water partition coefficient (Wildman–Crippen LogP) is 6.56. The number of benzene rings is 4. The first-order valence-electron chi connectivity index (χ1n) is 16.8. The Morgan fingerprint density at radius 2 is 1.20 bits per heavy atom. The molecule has 0 bridgehead atoms. The molecule has 0 radical (unpaired) electrons. The number of carboxylic acids is 1. The van der Waals surface area contributed by atoms with Crippen LogP contribution in [0.1, 0.15) is 42.3 Å². The summed E-state index contributed by atoms with van der Waals surface area (Å²) in [5, 5.41) is 26.6. The summed E-state index contributed by atoms with van der Waals surface area (Å²) in [5.74, 6) is 0.266. The summed E-state index contributed by atoms with van der Waals surface area (Å²) < 4.78 is 17.7. The molecule has 4 aromatic carbocycles. The van der Waals surface area contributed by atoms with Gasteiger partial charge >= 0.3 is 281 Å². The van der Waals surface area contributed by atoms with Crippen molar-refractivity contribution in [1.82, 2.24) is 9.97 Å². The van der Waals surface area contributed by atoms with E-state index < -0.39 is 13.1 Å². The molecular weight excluding hydrogens is 845 g/mol. The molecule has 284 valence electrons. The molecule has 0 fully saturated rings. The number of esters is 1. The van der Waals surface area contributed by atoms with Gasteiger partial charge in [0.25, 0.3) is 0 Å². The minimum atomic E-state index is -1.40. The van der Waals surface area contributed by atoms with Gasteiger partial charge in [-0.05, 0) is 17.6 Å². The summed E-state index contributed by atoms with van der Waals surface area (Å²) in [4.78, 5) is 39.0. The van der Waals surface area contributed by atoms with Gasteiger partial charge in [0.15, 0.2) is 0 Å². The van der Waals surface area contributed by atoms with Crippen molar-refractivity contribution in [3.8, 4) is 42.9 Å². The van der Waals surface area contributed by atoms with Gasteiger partial charge in [0.1, 0.15) is 5.75 Å². The van der Waals surface area contributed by atoms with Gasteiger partial charge in [-0.2, -0.15) is 0 Å². The number of carboxylic acid groups (broad SMARTS) is 1. The van der Waals surface area contributed by atoms with Crippen LogP contribution in [-0.4, -0.2) is 94.0 Å². The third-order valence-electron chi connectivity index (χ3n) is 8.00. The van der Waals surface area contributed by atoms with Gasteiger partial charge in [-0.1, -0.05) is 12.1 Å². The molecule has 2 heterocycles. The predicted molar refractivity (Wildman–Crippen MR) is 218 cm³/mol. The number of carbonyl (C=O) groups is 2. The molecule has 0 saturated carbocycles. The number of rotatable bonds is 9. The fraction of sp³-hybridized carbons (Fsp3) is 0.171. The maximum absolute atomic E-state index is 11.8. The van der Waals surface area contributed by atoms with Crippen LogP contribution in [0.15, 0.2) is 84.9 Å². The second kappa shape index (κ2) is 20.2. The van der Waals surface area contributed by atoms with Crippen molar-refractivity contribution < 1.29 is 39.0 Å². The van der Waals surface area contributed by atoms with E-state index >= 15 is 0 Å². The van der Waals surface area contributed by atoms with Crippen LogP contribution in [0.2, 0.25) is 0 Å². The topological polar surface area (TPSA) is 157 Å². The molecule has 15 heteroatoms. The van der Waals surface area contributed by atoms with E-state index in [-0.39, 0.29) is 35.0 Å². The molecule has 56 heavy (non-hydrogen) atoms. The summed E-state index contributed by atoms with van der Waals surface area (Å²) in [6, 6.07) is 25.4. The molecule has 0 unspecified atom stereocenters. The Kier molecular flexibility index (Phi) is 15.5. The molecule has 0 atom stereocenters. The summed E-state index contributed by atoms with van der Waals surface area (Å²) >= 11 is -0.512. The fourth-order valence-corrected chi connectivity index (χ4v) is 8.93. The van der Waals surface area contributed by atoms with Crippen LogP contribution in [0.25, 0.3) is 41.1 Å². The number of methoxy groups -OCH3 is 2. The molecule has 3 N–H and O–H groups in total. The van der Waals surface area contributed by atoms with Crippen molar-refractivity contribution in [2.75, 3.05) is 20.8 Å². The summed E-state index contributed by atoms with van der Waals surface area (Å²) in [7, 11) is 1.77. The van der Waals surface area contributed by atoms with Crippen LogP contribution >= 0.6 is 0 Å². The molecule has 0 amide bonds. The Labute approximate surface area is 337 Å². The molecule has 0 saturated heterocycles. The SMILES string of the molecule is COc1ccc(B(O)O)cc1.[C-]#[N+]c1cc(-c2nc(C)c(C(=O)O)[se]2)ccc1-c1ccc(OC)cc1.[C-]#[N+]c1cc(-c2nc(C)c(C(=O)OCC)[se]2)ccc1C. The first kappa shape index (κ1) is 43.0. The maximum atomic E-state index is 11.8. The summed E-state index contributed by atoms with van der Waals surface area (Å²) in [5.41, 5.74) is 7.31. The van der Waals surface area contributed by atoms with Crippen LogP contribution in [0.3, 0.4) is 0 Å². The standard InChI is InChI=1S/C19H14N2O3Se.C15H14N2O2Se.C7H9BO3/c1-11-17(19(22)23)25-18(21-11)13-6-9-15(16(10-13)20-2)12-4-7-14(24-3)8-5-12;1-5-19-15(18)13-10(3)17-14(20-13)11-7-6-9(2)12(8-11)16-4;1-11-7-4-2-6(3-5-7)8(9)10/h4-10H,1,3H3,(H,22,23);6-8H,5H2,1-3H3;2-5,9-10H,1H3. The van der Waals surface area contributed by atoms with E-state index in [0.717, 1.165) is 48.4 Å². The first-order chi connectivity index (χ1) is 26.8. The summed E-state index contributed by atoms with van der Waals surface area (Å²) in [6.07, 6.45) is 0. The van der Waals surface area contributed by atoms with Gasteiger partial charge in [0, 0.05) is 0 Å². The Hall–Kier alpha value is -5.76. The van der Waals surface area contributed by atoms with E-state index in [4.69, 9.17) is 37.4 Å². The van der Waals surface area contributed by atoms with Crippen molar-refractivity contribution in [2.45, 2.75) is 27.7 Å². The molecule has 12 nitrogen and oxygen atoms in total. The van der Waals surface area contributed by atoms with Gasteiger partial charge in [0.2, 0.25) is 0 Å². The van der Waals surface area contributed by atoms with Crippen LogP contribution in [0, 0.1) is 33.9 Å². The van der Waals surface area contributed by atoms with E-state index in [0.29, 0.717) is 43.8 Å². The molecule has 6 rings (SSSR count). The number of carbonyl (C=O) groups excluding carboxylic acids is 1. The zero-order chi connectivity index (χ0) is 40.9. The Bertz CT molecular complexity index is 2400. The average Bonchev–Trinajstić information content (AvgIpc) is 3.81. The zero-order valence-electron chi connectivity index (χ0n) is 31.4. The fourth-order valence-electron chi connectivity index (χ4n) is 5.04. The number of aryl methyl sites for hydroxylation is 3. The van der Waals surface area contributed by atoms with Crippen LogP contribution < -0.4 is 14.9 Å². The molecule has 6 aromatic rings. The first-order valence-corrected chi connectivity index (χ1v) is 20.3. The number of ether oxygens (including phenoxy) is 3. The van der Waals surface area contributed by atoms with Crippen LogP contribution in [-0.2, 0) is 4.74 Å². The molecule has 2 aromatic heterocycles. The second-order valence-corrected chi connectivity index (χ2v) is 15.9. The number of aromatic carboxylic acids is 1. The van der Waals surface area contributed by atoms with Crippen molar-refractivity contribution in [3.05, 3.63) is 134 Å². The van der Waals surface area contributed by atoms with E-state index in [1.165, 1.54) is 0 Å². The minimum absolute atomic E-state index is 0.162.